The normalized spacial score (nSPS) is 18.2. The summed E-state index contributed by atoms with van der Waals surface area (Å²) in [5.41, 5.74) is 2.68. The zero-order valence-corrected chi connectivity index (χ0v) is 14.2. The van der Waals surface area contributed by atoms with Crippen molar-refractivity contribution in [2.24, 2.45) is 5.92 Å². The van der Waals surface area contributed by atoms with Gasteiger partial charge in [0.15, 0.2) is 0 Å². The smallest absolute Gasteiger partial charge is 0.251 e. The van der Waals surface area contributed by atoms with E-state index in [-0.39, 0.29) is 17.9 Å². The van der Waals surface area contributed by atoms with E-state index in [1.807, 2.05) is 42.5 Å². The summed E-state index contributed by atoms with van der Waals surface area (Å²) in [7, 11) is 0. The number of hydrogen-bond acceptors (Lipinski definition) is 2. The molecule has 0 radical (unpaired) electrons. The van der Waals surface area contributed by atoms with Gasteiger partial charge < -0.3 is 10.2 Å². The first kappa shape index (κ1) is 15.9. The lowest BCUT2D eigenvalue weighted by Gasteiger charge is -2.19. The molecule has 128 valence electrons. The minimum absolute atomic E-state index is 0.0555. The zero-order chi connectivity index (χ0) is 17.2. The Morgan fingerprint density at radius 1 is 1.04 bits per heavy atom. The van der Waals surface area contributed by atoms with E-state index >= 15 is 0 Å². The Hall–Kier alpha value is -2.62. The van der Waals surface area contributed by atoms with Crippen molar-refractivity contribution in [3.05, 3.63) is 65.7 Å². The van der Waals surface area contributed by atoms with Crippen LogP contribution in [0, 0.1) is 5.92 Å². The summed E-state index contributed by atoms with van der Waals surface area (Å²) in [5.74, 6) is 0.642. The predicted octanol–water partition coefficient (Wildman–Crippen LogP) is 3.69. The van der Waals surface area contributed by atoms with Gasteiger partial charge >= 0.3 is 0 Å². The van der Waals surface area contributed by atoms with Crippen molar-refractivity contribution in [1.29, 1.82) is 0 Å². The lowest BCUT2D eigenvalue weighted by atomic mass is 10.0. The summed E-state index contributed by atoms with van der Waals surface area (Å²) in [5, 5.41) is 3.19. The van der Waals surface area contributed by atoms with E-state index in [2.05, 4.69) is 17.4 Å². The topological polar surface area (TPSA) is 49.4 Å². The van der Waals surface area contributed by atoms with Crippen LogP contribution in [0.3, 0.4) is 0 Å². The molecule has 1 saturated carbocycles. The van der Waals surface area contributed by atoms with Gasteiger partial charge in [-0.15, -0.1) is 0 Å². The fourth-order valence-electron chi connectivity index (χ4n) is 3.50. The molecule has 4 heteroatoms. The summed E-state index contributed by atoms with van der Waals surface area (Å²) >= 11 is 0. The molecular weight excluding hydrogens is 312 g/mol. The molecule has 4 nitrogen and oxygen atoms in total. The second-order valence-electron chi connectivity index (χ2n) is 6.90. The lowest BCUT2D eigenvalue weighted by molar-refractivity contribution is -0.117. The Morgan fingerprint density at radius 3 is 2.36 bits per heavy atom. The lowest BCUT2D eigenvalue weighted by Crippen LogP contribution is -2.30. The van der Waals surface area contributed by atoms with Crippen molar-refractivity contribution in [3.63, 3.8) is 0 Å². The minimum Gasteiger partial charge on any atom is -0.345 e. The summed E-state index contributed by atoms with van der Waals surface area (Å²) in [6.45, 7) is 0.766. The number of carbonyl (C=O) groups excluding carboxylic acids is 2. The van der Waals surface area contributed by atoms with Gasteiger partial charge in [0.25, 0.3) is 5.91 Å². The molecule has 1 unspecified atom stereocenters. The molecule has 2 aromatic carbocycles. The molecule has 0 aromatic heterocycles. The molecule has 25 heavy (non-hydrogen) atoms. The van der Waals surface area contributed by atoms with Gasteiger partial charge in [0.2, 0.25) is 5.91 Å². The Bertz CT molecular complexity index is 766. The summed E-state index contributed by atoms with van der Waals surface area (Å²) in [4.78, 5) is 26.3. The molecule has 1 heterocycles. The molecule has 2 fully saturated rings. The number of rotatable bonds is 5. The molecular formula is C21H22N2O2. The van der Waals surface area contributed by atoms with E-state index in [0.717, 1.165) is 37.1 Å². The number of benzene rings is 2. The molecule has 1 aliphatic heterocycles. The highest BCUT2D eigenvalue weighted by Gasteiger charge is 2.33. The van der Waals surface area contributed by atoms with Crippen molar-refractivity contribution in [1.82, 2.24) is 5.32 Å². The number of hydrogen-bond donors (Lipinski definition) is 1. The summed E-state index contributed by atoms with van der Waals surface area (Å²) < 4.78 is 0. The molecule has 0 spiro atoms. The van der Waals surface area contributed by atoms with Gasteiger partial charge in [-0.25, -0.2) is 0 Å². The van der Waals surface area contributed by atoms with Crippen LogP contribution in [0.15, 0.2) is 54.6 Å². The highest BCUT2D eigenvalue weighted by Crippen LogP contribution is 2.41. The maximum atomic E-state index is 12.7. The van der Waals surface area contributed by atoms with E-state index in [0.29, 0.717) is 17.9 Å². The van der Waals surface area contributed by atoms with Crippen LogP contribution in [-0.4, -0.2) is 18.4 Å². The molecule has 1 aliphatic carbocycles. The van der Waals surface area contributed by atoms with Crippen molar-refractivity contribution >= 4 is 17.5 Å². The van der Waals surface area contributed by atoms with Crippen molar-refractivity contribution in [2.45, 2.75) is 31.7 Å². The van der Waals surface area contributed by atoms with Gasteiger partial charge in [-0.3, -0.25) is 9.59 Å². The largest absolute Gasteiger partial charge is 0.345 e. The van der Waals surface area contributed by atoms with E-state index in [9.17, 15) is 9.59 Å². The van der Waals surface area contributed by atoms with Crippen LogP contribution >= 0.6 is 0 Å². The first-order chi connectivity index (χ1) is 12.2. The number of amides is 2. The average molecular weight is 334 g/mol. The molecule has 2 amide bonds. The van der Waals surface area contributed by atoms with Gasteiger partial charge in [-0.1, -0.05) is 30.3 Å². The first-order valence-corrected chi connectivity index (χ1v) is 8.98. The second kappa shape index (κ2) is 6.71. The average Bonchev–Trinajstić information content (AvgIpc) is 3.41. The van der Waals surface area contributed by atoms with Crippen LogP contribution in [0.4, 0.5) is 5.69 Å². The van der Waals surface area contributed by atoms with Gasteiger partial charge in [0.05, 0.1) is 6.04 Å². The maximum absolute atomic E-state index is 12.7. The molecule has 1 saturated heterocycles. The zero-order valence-electron chi connectivity index (χ0n) is 14.2. The third-order valence-corrected chi connectivity index (χ3v) is 5.05. The Labute approximate surface area is 147 Å². The molecule has 1 atom stereocenters. The standard InChI is InChI=1S/C21H22N2O2/c24-19-7-4-14-23(19)18-12-10-17(11-13-18)21(25)22-20(16-8-9-16)15-5-2-1-3-6-15/h1-3,5-6,10-13,16,20H,4,7-9,14H2,(H,22,25). The van der Waals surface area contributed by atoms with Gasteiger partial charge in [-0.05, 0) is 55.0 Å². The van der Waals surface area contributed by atoms with Crippen LogP contribution in [0.5, 0.6) is 0 Å². The van der Waals surface area contributed by atoms with E-state index in [1.165, 1.54) is 0 Å². The summed E-state index contributed by atoms with van der Waals surface area (Å²) in [6, 6.07) is 17.6. The number of anilines is 1. The number of nitrogens with zero attached hydrogens (tertiary/aromatic N) is 1. The van der Waals surface area contributed by atoms with Gasteiger partial charge in [-0.2, -0.15) is 0 Å². The van der Waals surface area contributed by atoms with Crippen LogP contribution in [0.25, 0.3) is 0 Å². The molecule has 1 N–H and O–H groups in total. The minimum atomic E-state index is -0.0555. The van der Waals surface area contributed by atoms with Gasteiger partial charge in [0, 0.05) is 24.2 Å². The fourth-order valence-corrected chi connectivity index (χ4v) is 3.50. The van der Waals surface area contributed by atoms with Crippen LogP contribution < -0.4 is 10.2 Å². The Kier molecular flexibility index (Phi) is 4.26. The third-order valence-electron chi connectivity index (χ3n) is 5.05. The van der Waals surface area contributed by atoms with Crippen LogP contribution in [-0.2, 0) is 4.79 Å². The first-order valence-electron chi connectivity index (χ1n) is 8.98. The molecule has 2 aliphatic rings. The Balaban J connectivity index is 1.47. The highest BCUT2D eigenvalue weighted by atomic mass is 16.2. The highest BCUT2D eigenvalue weighted by molar-refractivity contribution is 5.97. The molecule has 0 bridgehead atoms. The number of nitrogens with one attached hydrogen (secondary N) is 1. The SMILES string of the molecule is O=C(NC(c1ccccc1)C1CC1)c1ccc(N2CCCC2=O)cc1. The van der Waals surface area contributed by atoms with Crippen LogP contribution in [0.1, 0.15) is 47.6 Å². The monoisotopic (exact) mass is 334 g/mol. The quantitative estimate of drug-likeness (QED) is 0.906. The van der Waals surface area contributed by atoms with E-state index < -0.39 is 0 Å². The summed E-state index contributed by atoms with van der Waals surface area (Å²) in [6.07, 6.45) is 3.84. The van der Waals surface area contributed by atoms with Crippen molar-refractivity contribution in [2.75, 3.05) is 11.4 Å². The molecule has 2 aromatic rings. The van der Waals surface area contributed by atoms with E-state index in [1.54, 1.807) is 4.90 Å². The van der Waals surface area contributed by atoms with Crippen molar-refractivity contribution < 1.29 is 9.59 Å². The predicted molar refractivity (Wildman–Crippen MR) is 97.4 cm³/mol. The number of carbonyl (C=O) groups is 2. The fraction of sp³-hybridized carbons (Fsp3) is 0.333. The van der Waals surface area contributed by atoms with E-state index in [4.69, 9.17) is 0 Å². The second-order valence-corrected chi connectivity index (χ2v) is 6.90. The Morgan fingerprint density at radius 2 is 1.76 bits per heavy atom. The van der Waals surface area contributed by atoms with Crippen molar-refractivity contribution in [3.8, 4) is 0 Å². The van der Waals surface area contributed by atoms with Gasteiger partial charge in [0.1, 0.15) is 0 Å². The maximum Gasteiger partial charge on any atom is 0.251 e. The third kappa shape index (κ3) is 3.43. The molecule has 4 rings (SSSR count). The van der Waals surface area contributed by atoms with Crippen LogP contribution in [0.2, 0.25) is 0 Å².